The Morgan fingerprint density at radius 3 is 2.55 bits per heavy atom. The summed E-state index contributed by atoms with van der Waals surface area (Å²) in [4.78, 5) is 33.8. The topological polar surface area (TPSA) is 83.4 Å². The molecule has 1 atom stereocenters. The summed E-state index contributed by atoms with van der Waals surface area (Å²) < 4.78 is 0. The van der Waals surface area contributed by atoms with Crippen LogP contribution in [0.5, 0.6) is 0 Å². The highest BCUT2D eigenvalue weighted by molar-refractivity contribution is 6.33. The van der Waals surface area contributed by atoms with Crippen molar-refractivity contribution in [3.63, 3.8) is 0 Å². The number of amides is 1. The van der Waals surface area contributed by atoms with Crippen LogP contribution >= 0.6 is 11.6 Å². The maximum atomic E-state index is 12.7. The van der Waals surface area contributed by atoms with E-state index in [2.05, 4.69) is 9.97 Å². The fourth-order valence-corrected chi connectivity index (χ4v) is 2.27. The molecule has 1 aliphatic carbocycles. The molecule has 2 rings (SSSR count). The predicted molar refractivity (Wildman–Crippen MR) is 82.0 cm³/mol. The fraction of sp³-hybridized carbons (Fsp3) is 0.600. The van der Waals surface area contributed by atoms with Crippen LogP contribution in [0.3, 0.4) is 0 Å². The summed E-state index contributed by atoms with van der Waals surface area (Å²) in [6.07, 6.45) is 3.21. The SMILES string of the molecule is CC(C)c1ncc(Cl)c(C(=O)N(C[C@@H](C)C(=O)O)C2CC2)n1. The van der Waals surface area contributed by atoms with Crippen LogP contribution in [0.1, 0.15) is 55.8 Å². The van der Waals surface area contributed by atoms with E-state index in [0.29, 0.717) is 5.82 Å². The number of carboxylic acids is 1. The molecule has 1 N–H and O–H groups in total. The molecule has 0 aliphatic heterocycles. The Hall–Kier alpha value is -1.69. The first-order valence-corrected chi connectivity index (χ1v) is 7.75. The van der Waals surface area contributed by atoms with Gasteiger partial charge in [-0.25, -0.2) is 9.97 Å². The Morgan fingerprint density at radius 2 is 2.05 bits per heavy atom. The Bertz CT molecular complexity index is 587. The first-order valence-electron chi connectivity index (χ1n) is 7.37. The van der Waals surface area contributed by atoms with E-state index in [1.54, 1.807) is 11.8 Å². The average molecular weight is 326 g/mol. The number of aliphatic carboxylic acids is 1. The van der Waals surface area contributed by atoms with Crippen LogP contribution in [0.25, 0.3) is 0 Å². The maximum absolute atomic E-state index is 12.7. The van der Waals surface area contributed by atoms with Crippen molar-refractivity contribution in [2.24, 2.45) is 5.92 Å². The molecule has 1 amide bonds. The second-order valence-corrected chi connectivity index (χ2v) is 6.41. The number of rotatable bonds is 6. The molecule has 6 nitrogen and oxygen atoms in total. The van der Waals surface area contributed by atoms with Gasteiger partial charge in [0.05, 0.1) is 17.1 Å². The lowest BCUT2D eigenvalue weighted by atomic mass is 10.1. The Kier molecular flexibility index (Phi) is 5.01. The molecule has 0 spiro atoms. The maximum Gasteiger partial charge on any atom is 0.308 e. The molecule has 22 heavy (non-hydrogen) atoms. The summed E-state index contributed by atoms with van der Waals surface area (Å²) in [6, 6.07) is 0.0860. The molecule has 0 bridgehead atoms. The van der Waals surface area contributed by atoms with Gasteiger partial charge in [-0.2, -0.15) is 0 Å². The van der Waals surface area contributed by atoms with Crippen molar-refractivity contribution >= 4 is 23.5 Å². The molecule has 1 heterocycles. The van der Waals surface area contributed by atoms with Crippen LogP contribution in [-0.2, 0) is 4.79 Å². The molecule has 0 saturated heterocycles. The van der Waals surface area contributed by atoms with E-state index in [4.69, 9.17) is 16.7 Å². The largest absolute Gasteiger partial charge is 0.481 e. The number of hydrogen-bond donors (Lipinski definition) is 1. The second-order valence-electron chi connectivity index (χ2n) is 6.01. The van der Waals surface area contributed by atoms with Gasteiger partial charge in [0.2, 0.25) is 0 Å². The highest BCUT2D eigenvalue weighted by Crippen LogP contribution is 2.30. The summed E-state index contributed by atoms with van der Waals surface area (Å²) >= 11 is 6.08. The summed E-state index contributed by atoms with van der Waals surface area (Å²) in [5.74, 6) is -1.24. The molecule has 7 heteroatoms. The van der Waals surface area contributed by atoms with Crippen molar-refractivity contribution < 1.29 is 14.7 Å². The quantitative estimate of drug-likeness (QED) is 0.869. The molecule has 1 fully saturated rings. The summed E-state index contributed by atoms with van der Waals surface area (Å²) in [6.45, 7) is 5.62. The van der Waals surface area contributed by atoms with Crippen LogP contribution in [0.15, 0.2) is 6.20 Å². The lowest BCUT2D eigenvalue weighted by Crippen LogP contribution is -2.39. The number of carboxylic acid groups (broad SMARTS) is 1. The van der Waals surface area contributed by atoms with Gasteiger partial charge < -0.3 is 10.0 Å². The first-order chi connectivity index (χ1) is 10.3. The zero-order valence-electron chi connectivity index (χ0n) is 12.9. The van der Waals surface area contributed by atoms with Gasteiger partial charge in [0.1, 0.15) is 5.82 Å². The number of hydrogen-bond acceptors (Lipinski definition) is 4. The molecular weight excluding hydrogens is 306 g/mol. The van der Waals surface area contributed by atoms with E-state index < -0.39 is 11.9 Å². The van der Waals surface area contributed by atoms with Crippen molar-refractivity contribution in [3.05, 3.63) is 22.7 Å². The van der Waals surface area contributed by atoms with E-state index >= 15 is 0 Å². The third-order valence-corrected chi connectivity index (χ3v) is 3.90. The minimum atomic E-state index is -0.921. The molecule has 1 aromatic heterocycles. The van der Waals surface area contributed by atoms with Crippen LogP contribution < -0.4 is 0 Å². The number of halogens is 1. The lowest BCUT2D eigenvalue weighted by Gasteiger charge is -2.24. The van der Waals surface area contributed by atoms with Crippen LogP contribution in [0.2, 0.25) is 5.02 Å². The van der Waals surface area contributed by atoms with E-state index in [-0.39, 0.29) is 35.1 Å². The highest BCUT2D eigenvalue weighted by Gasteiger charge is 2.36. The van der Waals surface area contributed by atoms with Gasteiger partial charge in [0.25, 0.3) is 5.91 Å². The monoisotopic (exact) mass is 325 g/mol. The highest BCUT2D eigenvalue weighted by atomic mass is 35.5. The van der Waals surface area contributed by atoms with E-state index in [1.165, 1.54) is 6.20 Å². The van der Waals surface area contributed by atoms with Gasteiger partial charge in [-0.3, -0.25) is 9.59 Å². The van der Waals surface area contributed by atoms with Crippen molar-refractivity contribution in [3.8, 4) is 0 Å². The molecule has 1 aromatic rings. The summed E-state index contributed by atoms with van der Waals surface area (Å²) in [7, 11) is 0. The van der Waals surface area contributed by atoms with Gasteiger partial charge in [0, 0.05) is 18.5 Å². The van der Waals surface area contributed by atoms with Crippen LogP contribution in [0, 0.1) is 5.92 Å². The van der Waals surface area contributed by atoms with Gasteiger partial charge >= 0.3 is 5.97 Å². The minimum Gasteiger partial charge on any atom is -0.481 e. The average Bonchev–Trinajstić information content (AvgIpc) is 3.28. The normalized spacial score (nSPS) is 15.7. The fourth-order valence-electron chi connectivity index (χ4n) is 2.10. The Balaban J connectivity index is 2.27. The third kappa shape index (κ3) is 3.74. The van der Waals surface area contributed by atoms with Crippen LogP contribution in [-0.4, -0.2) is 44.4 Å². The molecule has 0 aromatic carbocycles. The number of carbonyl (C=O) groups excluding carboxylic acids is 1. The predicted octanol–water partition coefficient (Wildman–Crippen LogP) is 2.58. The van der Waals surface area contributed by atoms with Gasteiger partial charge in [0.15, 0.2) is 5.69 Å². The summed E-state index contributed by atoms with van der Waals surface area (Å²) in [5.41, 5.74) is 0.157. The molecule has 1 aliphatic rings. The van der Waals surface area contributed by atoms with Crippen molar-refractivity contribution in [2.75, 3.05) is 6.54 Å². The molecule has 0 unspecified atom stereocenters. The van der Waals surface area contributed by atoms with Gasteiger partial charge in [-0.1, -0.05) is 32.4 Å². The lowest BCUT2D eigenvalue weighted by molar-refractivity contribution is -0.141. The van der Waals surface area contributed by atoms with Gasteiger partial charge in [-0.15, -0.1) is 0 Å². The van der Waals surface area contributed by atoms with E-state index in [1.807, 2.05) is 13.8 Å². The Morgan fingerprint density at radius 1 is 1.41 bits per heavy atom. The zero-order valence-corrected chi connectivity index (χ0v) is 13.7. The standard InChI is InChI=1S/C15H20ClN3O3/c1-8(2)13-17-6-11(16)12(18-13)14(20)19(10-4-5-10)7-9(3)15(21)22/h6,8-10H,4-5,7H2,1-3H3,(H,21,22)/t9-/m1/s1. The summed E-state index contributed by atoms with van der Waals surface area (Å²) in [5, 5.41) is 9.26. The molecular formula is C15H20ClN3O3. The van der Waals surface area contributed by atoms with Crippen molar-refractivity contribution in [1.29, 1.82) is 0 Å². The second kappa shape index (κ2) is 6.60. The first kappa shape index (κ1) is 16.7. The smallest absolute Gasteiger partial charge is 0.308 e. The van der Waals surface area contributed by atoms with Crippen molar-refractivity contribution in [1.82, 2.24) is 14.9 Å². The Labute approximate surface area is 134 Å². The molecule has 120 valence electrons. The van der Waals surface area contributed by atoms with Crippen molar-refractivity contribution in [2.45, 2.75) is 45.6 Å². The molecule has 1 saturated carbocycles. The molecule has 0 radical (unpaired) electrons. The number of aromatic nitrogens is 2. The minimum absolute atomic E-state index is 0.0798. The van der Waals surface area contributed by atoms with E-state index in [9.17, 15) is 9.59 Å². The third-order valence-electron chi connectivity index (χ3n) is 3.62. The number of carbonyl (C=O) groups is 2. The number of nitrogens with zero attached hydrogens (tertiary/aromatic N) is 3. The van der Waals surface area contributed by atoms with Gasteiger partial charge in [-0.05, 0) is 12.8 Å². The van der Waals surface area contributed by atoms with Crippen LogP contribution in [0.4, 0.5) is 0 Å². The van der Waals surface area contributed by atoms with E-state index in [0.717, 1.165) is 12.8 Å². The zero-order chi connectivity index (χ0) is 16.4.